The highest BCUT2D eigenvalue weighted by atomic mass is 35.5. The molecule has 2 rings (SSSR count). The van der Waals surface area contributed by atoms with Gasteiger partial charge in [0.1, 0.15) is 5.75 Å². The molecule has 0 aliphatic heterocycles. The van der Waals surface area contributed by atoms with Gasteiger partial charge in [0, 0.05) is 16.8 Å². The largest absolute Gasteiger partial charge is 0.494 e. The van der Waals surface area contributed by atoms with Crippen molar-refractivity contribution in [2.24, 2.45) is 0 Å². The molecule has 0 radical (unpaired) electrons. The highest BCUT2D eigenvalue weighted by Crippen LogP contribution is 2.25. The van der Waals surface area contributed by atoms with E-state index in [-0.39, 0.29) is 5.78 Å². The zero-order valence-electron chi connectivity index (χ0n) is 10.5. The first-order valence-corrected chi connectivity index (χ1v) is 6.32. The highest BCUT2D eigenvalue weighted by molar-refractivity contribution is 6.35. The molecular weight excluding hydrogens is 262 g/mol. The Morgan fingerprint density at radius 1 is 1.26 bits per heavy atom. The Morgan fingerprint density at radius 2 is 2.05 bits per heavy atom. The average molecular weight is 276 g/mol. The van der Waals surface area contributed by atoms with E-state index in [1.54, 1.807) is 42.5 Å². The summed E-state index contributed by atoms with van der Waals surface area (Å²) in [6.07, 6.45) is 0. The summed E-state index contributed by atoms with van der Waals surface area (Å²) in [4.78, 5) is 12.3. The Labute approximate surface area is 117 Å². The standard InChI is InChI=1S/C15H14ClNO2/c1-2-19-12-6-7-13(14(16)9-12)15(18)10-4-3-5-11(17)8-10/h3-9H,2,17H2,1H3. The second kappa shape index (κ2) is 5.76. The van der Waals surface area contributed by atoms with Crippen molar-refractivity contribution in [1.82, 2.24) is 0 Å². The van der Waals surface area contributed by atoms with Crippen molar-refractivity contribution in [3.8, 4) is 5.75 Å². The molecule has 0 aliphatic rings. The van der Waals surface area contributed by atoms with E-state index in [0.29, 0.717) is 34.2 Å². The maximum Gasteiger partial charge on any atom is 0.194 e. The minimum Gasteiger partial charge on any atom is -0.494 e. The van der Waals surface area contributed by atoms with Crippen LogP contribution in [0.5, 0.6) is 5.75 Å². The average Bonchev–Trinajstić information content (AvgIpc) is 2.38. The second-order valence-corrected chi connectivity index (χ2v) is 4.44. The second-order valence-electron chi connectivity index (χ2n) is 4.03. The van der Waals surface area contributed by atoms with Gasteiger partial charge in [-0.15, -0.1) is 0 Å². The Balaban J connectivity index is 2.34. The van der Waals surface area contributed by atoms with Gasteiger partial charge in [-0.05, 0) is 37.3 Å². The van der Waals surface area contributed by atoms with Crippen molar-refractivity contribution in [2.75, 3.05) is 12.3 Å². The molecule has 0 fully saturated rings. The quantitative estimate of drug-likeness (QED) is 0.686. The molecule has 19 heavy (non-hydrogen) atoms. The SMILES string of the molecule is CCOc1ccc(C(=O)c2cccc(N)c2)c(Cl)c1. The van der Waals surface area contributed by atoms with Gasteiger partial charge in [-0.3, -0.25) is 4.79 Å². The fraction of sp³-hybridized carbons (Fsp3) is 0.133. The van der Waals surface area contributed by atoms with Crippen molar-refractivity contribution >= 4 is 23.1 Å². The van der Waals surface area contributed by atoms with Gasteiger partial charge >= 0.3 is 0 Å². The van der Waals surface area contributed by atoms with Crippen molar-refractivity contribution in [3.05, 3.63) is 58.6 Å². The van der Waals surface area contributed by atoms with Crippen LogP contribution in [0.4, 0.5) is 5.69 Å². The van der Waals surface area contributed by atoms with Crippen LogP contribution in [0.25, 0.3) is 0 Å². The summed E-state index contributed by atoms with van der Waals surface area (Å²) in [7, 11) is 0. The molecule has 0 atom stereocenters. The molecule has 0 amide bonds. The van der Waals surface area contributed by atoms with E-state index in [0.717, 1.165) is 0 Å². The summed E-state index contributed by atoms with van der Waals surface area (Å²) in [5, 5.41) is 0.373. The Morgan fingerprint density at radius 3 is 2.68 bits per heavy atom. The van der Waals surface area contributed by atoms with Crippen LogP contribution in [-0.2, 0) is 0 Å². The van der Waals surface area contributed by atoms with Crippen LogP contribution in [0, 0.1) is 0 Å². The van der Waals surface area contributed by atoms with Gasteiger partial charge in [0.2, 0.25) is 0 Å². The first-order chi connectivity index (χ1) is 9.11. The van der Waals surface area contributed by atoms with Crippen molar-refractivity contribution in [3.63, 3.8) is 0 Å². The molecule has 2 N–H and O–H groups in total. The highest BCUT2D eigenvalue weighted by Gasteiger charge is 2.13. The predicted octanol–water partition coefficient (Wildman–Crippen LogP) is 3.55. The lowest BCUT2D eigenvalue weighted by atomic mass is 10.0. The van der Waals surface area contributed by atoms with E-state index in [9.17, 15) is 4.79 Å². The van der Waals surface area contributed by atoms with Crippen LogP contribution in [0.3, 0.4) is 0 Å². The lowest BCUT2D eigenvalue weighted by Gasteiger charge is -2.07. The number of rotatable bonds is 4. The molecule has 0 saturated heterocycles. The van der Waals surface area contributed by atoms with Crippen LogP contribution >= 0.6 is 11.6 Å². The molecule has 0 spiro atoms. The molecule has 0 heterocycles. The molecule has 0 aromatic heterocycles. The zero-order valence-corrected chi connectivity index (χ0v) is 11.3. The molecule has 4 heteroatoms. The number of carbonyl (C=O) groups is 1. The Hall–Kier alpha value is -2.00. The molecule has 2 aromatic carbocycles. The molecule has 0 saturated carbocycles. The number of halogens is 1. The van der Waals surface area contributed by atoms with Crippen molar-refractivity contribution < 1.29 is 9.53 Å². The van der Waals surface area contributed by atoms with Gasteiger partial charge in [-0.2, -0.15) is 0 Å². The van der Waals surface area contributed by atoms with Crippen LogP contribution in [0.1, 0.15) is 22.8 Å². The van der Waals surface area contributed by atoms with Gasteiger partial charge in [0.25, 0.3) is 0 Å². The van der Waals surface area contributed by atoms with Crippen molar-refractivity contribution in [1.29, 1.82) is 0 Å². The van der Waals surface area contributed by atoms with Crippen molar-refractivity contribution in [2.45, 2.75) is 6.92 Å². The molecule has 0 bridgehead atoms. The number of nitrogens with two attached hydrogens (primary N) is 1. The smallest absolute Gasteiger partial charge is 0.194 e. The summed E-state index contributed by atoms with van der Waals surface area (Å²) >= 11 is 6.12. The van der Waals surface area contributed by atoms with E-state index in [1.807, 2.05) is 6.92 Å². The number of hydrogen-bond donors (Lipinski definition) is 1. The molecule has 98 valence electrons. The summed E-state index contributed by atoms with van der Waals surface area (Å²) in [5.41, 5.74) is 7.18. The lowest BCUT2D eigenvalue weighted by molar-refractivity contribution is 0.103. The monoisotopic (exact) mass is 275 g/mol. The molecular formula is C15H14ClNO2. The van der Waals surface area contributed by atoms with Gasteiger partial charge in [-0.25, -0.2) is 0 Å². The first-order valence-electron chi connectivity index (χ1n) is 5.94. The third-order valence-electron chi connectivity index (χ3n) is 2.64. The van der Waals surface area contributed by atoms with E-state index < -0.39 is 0 Å². The number of nitrogen functional groups attached to an aromatic ring is 1. The van der Waals surface area contributed by atoms with E-state index in [1.165, 1.54) is 0 Å². The van der Waals surface area contributed by atoms with Gasteiger partial charge in [-0.1, -0.05) is 23.7 Å². The molecule has 0 unspecified atom stereocenters. The summed E-state index contributed by atoms with van der Waals surface area (Å²) < 4.78 is 5.33. The van der Waals surface area contributed by atoms with Gasteiger partial charge in [0.05, 0.1) is 11.6 Å². The normalized spacial score (nSPS) is 10.2. The Kier molecular flexibility index (Phi) is 4.07. The summed E-state index contributed by atoms with van der Waals surface area (Å²) in [5.74, 6) is 0.497. The van der Waals surface area contributed by atoms with E-state index in [4.69, 9.17) is 22.1 Å². The minimum absolute atomic E-state index is 0.152. The lowest BCUT2D eigenvalue weighted by Crippen LogP contribution is -2.03. The first kappa shape index (κ1) is 13.4. The Bertz CT molecular complexity index is 611. The third-order valence-corrected chi connectivity index (χ3v) is 2.96. The summed E-state index contributed by atoms with van der Waals surface area (Å²) in [6.45, 7) is 2.44. The van der Waals surface area contributed by atoms with E-state index in [2.05, 4.69) is 0 Å². The maximum absolute atomic E-state index is 12.3. The number of hydrogen-bond acceptors (Lipinski definition) is 3. The number of anilines is 1. The topological polar surface area (TPSA) is 52.3 Å². The molecule has 3 nitrogen and oxygen atoms in total. The minimum atomic E-state index is -0.152. The van der Waals surface area contributed by atoms with E-state index >= 15 is 0 Å². The van der Waals surface area contributed by atoms with Crippen LogP contribution < -0.4 is 10.5 Å². The fourth-order valence-corrected chi connectivity index (χ4v) is 2.03. The third kappa shape index (κ3) is 3.06. The van der Waals surface area contributed by atoms with Crippen LogP contribution in [0.2, 0.25) is 5.02 Å². The predicted molar refractivity (Wildman–Crippen MR) is 76.9 cm³/mol. The van der Waals surface area contributed by atoms with Gasteiger partial charge in [0.15, 0.2) is 5.78 Å². The zero-order chi connectivity index (χ0) is 13.8. The fourth-order valence-electron chi connectivity index (χ4n) is 1.77. The number of ketones is 1. The number of carbonyl (C=O) groups excluding carboxylic acids is 1. The van der Waals surface area contributed by atoms with Crippen LogP contribution in [-0.4, -0.2) is 12.4 Å². The van der Waals surface area contributed by atoms with Gasteiger partial charge < -0.3 is 10.5 Å². The molecule has 0 aliphatic carbocycles. The van der Waals surface area contributed by atoms with Crippen LogP contribution in [0.15, 0.2) is 42.5 Å². The maximum atomic E-state index is 12.3. The number of ether oxygens (including phenoxy) is 1. The summed E-state index contributed by atoms with van der Waals surface area (Å²) in [6, 6.07) is 11.9. The molecule has 2 aromatic rings. The number of benzene rings is 2.